The molecule has 2 amide bonds. The summed E-state index contributed by atoms with van der Waals surface area (Å²) in [6.07, 6.45) is 11.6. The quantitative estimate of drug-likeness (QED) is 0.662. The summed E-state index contributed by atoms with van der Waals surface area (Å²) in [4.78, 5) is 16.8. The summed E-state index contributed by atoms with van der Waals surface area (Å²) in [5.74, 6) is 0.773. The summed E-state index contributed by atoms with van der Waals surface area (Å²) in [5.41, 5.74) is 0. The van der Waals surface area contributed by atoms with E-state index in [0.717, 1.165) is 51.0 Å². The van der Waals surface area contributed by atoms with Gasteiger partial charge in [-0.2, -0.15) is 0 Å². The lowest BCUT2D eigenvalue weighted by molar-refractivity contribution is 0.183. The Morgan fingerprint density at radius 1 is 1.09 bits per heavy atom. The van der Waals surface area contributed by atoms with E-state index in [2.05, 4.69) is 24.2 Å². The fourth-order valence-corrected chi connectivity index (χ4v) is 3.50. The van der Waals surface area contributed by atoms with Gasteiger partial charge in [0, 0.05) is 25.7 Å². The summed E-state index contributed by atoms with van der Waals surface area (Å²) in [7, 11) is 2.24. The molecule has 0 saturated heterocycles. The predicted octanol–water partition coefficient (Wildman–Crippen LogP) is 3.47. The van der Waals surface area contributed by atoms with E-state index in [1.807, 2.05) is 4.90 Å². The summed E-state index contributed by atoms with van der Waals surface area (Å²) >= 11 is 0. The lowest BCUT2D eigenvalue weighted by Crippen LogP contribution is -2.42. The molecule has 0 spiro atoms. The smallest absolute Gasteiger partial charge is 0.317 e. The third-order valence-electron chi connectivity index (χ3n) is 5.12. The predicted molar refractivity (Wildman–Crippen MR) is 92.1 cm³/mol. The van der Waals surface area contributed by atoms with Crippen molar-refractivity contribution in [2.24, 2.45) is 5.92 Å². The second-order valence-electron chi connectivity index (χ2n) is 7.25. The van der Waals surface area contributed by atoms with Crippen molar-refractivity contribution in [2.45, 2.75) is 70.8 Å². The zero-order valence-corrected chi connectivity index (χ0v) is 14.6. The molecule has 128 valence electrons. The normalized spacial score (nSPS) is 19.4. The van der Waals surface area contributed by atoms with Crippen LogP contribution in [0.2, 0.25) is 0 Å². The first-order valence-electron chi connectivity index (χ1n) is 9.43. The minimum atomic E-state index is 0.147. The first kappa shape index (κ1) is 17.6. The number of carbonyl (C=O) groups excluding carboxylic acids is 1. The maximum atomic E-state index is 12.2. The summed E-state index contributed by atoms with van der Waals surface area (Å²) in [5, 5.41) is 3.12. The van der Waals surface area contributed by atoms with Gasteiger partial charge in [0.15, 0.2) is 0 Å². The molecule has 0 bridgehead atoms. The standard InChI is InChI=1S/C18H35N3O/c1-3-13-21(15-16-10-11-16)18(22)19-12-7-14-20(2)17-8-5-4-6-9-17/h16-17H,3-15H2,1-2H3,(H,19,22). The Bertz CT molecular complexity index is 324. The summed E-state index contributed by atoms with van der Waals surface area (Å²) in [6.45, 7) is 5.90. The first-order valence-corrected chi connectivity index (χ1v) is 9.43. The molecule has 0 atom stereocenters. The number of nitrogens with zero attached hydrogens (tertiary/aromatic N) is 2. The van der Waals surface area contributed by atoms with Gasteiger partial charge in [-0.3, -0.25) is 0 Å². The molecule has 2 saturated carbocycles. The van der Waals surface area contributed by atoms with Crippen molar-refractivity contribution < 1.29 is 4.79 Å². The lowest BCUT2D eigenvalue weighted by Gasteiger charge is -2.31. The van der Waals surface area contributed by atoms with Crippen molar-refractivity contribution in [1.82, 2.24) is 15.1 Å². The number of rotatable bonds is 9. The van der Waals surface area contributed by atoms with Gasteiger partial charge >= 0.3 is 6.03 Å². The second kappa shape index (κ2) is 9.39. The topological polar surface area (TPSA) is 35.6 Å². The number of hydrogen-bond acceptors (Lipinski definition) is 2. The molecule has 0 aliphatic heterocycles. The Hall–Kier alpha value is -0.770. The first-order chi connectivity index (χ1) is 10.7. The molecule has 2 aliphatic rings. The molecule has 2 fully saturated rings. The van der Waals surface area contributed by atoms with Crippen LogP contribution in [0.15, 0.2) is 0 Å². The van der Waals surface area contributed by atoms with Crippen LogP contribution in [-0.2, 0) is 0 Å². The Labute approximate surface area is 136 Å². The molecular formula is C18H35N3O. The zero-order chi connectivity index (χ0) is 15.8. The van der Waals surface area contributed by atoms with Crippen molar-refractivity contribution in [1.29, 1.82) is 0 Å². The second-order valence-corrected chi connectivity index (χ2v) is 7.25. The molecule has 4 heteroatoms. The van der Waals surface area contributed by atoms with E-state index in [4.69, 9.17) is 0 Å². The number of urea groups is 1. The molecule has 0 radical (unpaired) electrons. The average Bonchev–Trinajstić information content (AvgIpc) is 3.35. The van der Waals surface area contributed by atoms with Gasteiger partial charge in [0.25, 0.3) is 0 Å². The van der Waals surface area contributed by atoms with Crippen LogP contribution in [0.25, 0.3) is 0 Å². The number of nitrogens with one attached hydrogen (secondary N) is 1. The highest BCUT2D eigenvalue weighted by Gasteiger charge is 2.26. The van der Waals surface area contributed by atoms with Gasteiger partial charge in [0.05, 0.1) is 0 Å². The van der Waals surface area contributed by atoms with Crippen LogP contribution in [0.3, 0.4) is 0 Å². The Kier molecular flexibility index (Phi) is 7.50. The van der Waals surface area contributed by atoms with E-state index in [9.17, 15) is 4.79 Å². The monoisotopic (exact) mass is 309 g/mol. The largest absolute Gasteiger partial charge is 0.338 e. The van der Waals surface area contributed by atoms with E-state index in [1.165, 1.54) is 44.9 Å². The van der Waals surface area contributed by atoms with Gasteiger partial charge in [-0.15, -0.1) is 0 Å². The third-order valence-corrected chi connectivity index (χ3v) is 5.12. The van der Waals surface area contributed by atoms with E-state index >= 15 is 0 Å². The van der Waals surface area contributed by atoms with E-state index < -0.39 is 0 Å². The lowest BCUT2D eigenvalue weighted by atomic mass is 9.94. The van der Waals surface area contributed by atoms with Crippen molar-refractivity contribution in [2.75, 3.05) is 33.2 Å². The van der Waals surface area contributed by atoms with E-state index in [-0.39, 0.29) is 6.03 Å². The molecule has 1 N–H and O–H groups in total. The van der Waals surface area contributed by atoms with Gasteiger partial charge in [-0.05, 0) is 58.0 Å². The third kappa shape index (κ3) is 6.15. The fraction of sp³-hybridized carbons (Fsp3) is 0.944. The molecule has 0 aromatic heterocycles. The van der Waals surface area contributed by atoms with Gasteiger partial charge in [0.2, 0.25) is 0 Å². The van der Waals surface area contributed by atoms with Crippen LogP contribution in [0.1, 0.15) is 64.7 Å². The highest BCUT2D eigenvalue weighted by molar-refractivity contribution is 5.74. The van der Waals surface area contributed by atoms with Crippen molar-refractivity contribution in [3.05, 3.63) is 0 Å². The zero-order valence-electron chi connectivity index (χ0n) is 14.6. The molecule has 2 aliphatic carbocycles. The minimum Gasteiger partial charge on any atom is -0.338 e. The van der Waals surface area contributed by atoms with E-state index in [0.29, 0.717) is 0 Å². The van der Waals surface area contributed by atoms with Crippen LogP contribution in [-0.4, -0.2) is 55.1 Å². The summed E-state index contributed by atoms with van der Waals surface area (Å²) < 4.78 is 0. The van der Waals surface area contributed by atoms with Gasteiger partial charge in [-0.25, -0.2) is 4.79 Å². The SMILES string of the molecule is CCCN(CC1CC1)C(=O)NCCCN(C)C1CCCCC1. The average molecular weight is 309 g/mol. The van der Waals surface area contributed by atoms with Crippen LogP contribution in [0.4, 0.5) is 4.79 Å². The highest BCUT2D eigenvalue weighted by Crippen LogP contribution is 2.29. The van der Waals surface area contributed by atoms with Crippen LogP contribution < -0.4 is 5.32 Å². The van der Waals surface area contributed by atoms with Crippen LogP contribution >= 0.6 is 0 Å². The van der Waals surface area contributed by atoms with Gasteiger partial charge < -0.3 is 15.1 Å². The molecular weight excluding hydrogens is 274 g/mol. The molecule has 0 unspecified atom stereocenters. The van der Waals surface area contributed by atoms with Gasteiger partial charge in [0.1, 0.15) is 0 Å². The van der Waals surface area contributed by atoms with Crippen molar-refractivity contribution in [3.63, 3.8) is 0 Å². The van der Waals surface area contributed by atoms with Crippen LogP contribution in [0.5, 0.6) is 0 Å². The summed E-state index contributed by atoms with van der Waals surface area (Å²) in [6, 6.07) is 0.921. The highest BCUT2D eigenvalue weighted by atomic mass is 16.2. The van der Waals surface area contributed by atoms with Crippen LogP contribution in [0, 0.1) is 5.92 Å². The maximum absolute atomic E-state index is 12.2. The number of hydrogen-bond donors (Lipinski definition) is 1. The van der Waals surface area contributed by atoms with Gasteiger partial charge in [-0.1, -0.05) is 26.2 Å². The van der Waals surface area contributed by atoms with E-state index in [1.54, 1.807) is 0 Å². The Balaban J connectivity index is 1.58. The molecule has 0 aromatic carbocycles. The molecule has 22 heavy (non-hydrogen) atoms. The number of amides is 2. The Morgan fingerprint density at radius 3 is 2.45 bits per heavy atom. The Morgan fingerprint density at radius 2 is 1.82 bits per heavy atom. The van der Waals surface area contributed by atoms with Crippen molar-refractivity contribution >= 4 is 6.03 Å². The maximum Gasteiger partial charge on any atom is 0.317 e. The number of carbonyl (C=O) groups is 1. The fourth-order valence-electron chi connectivity index (χ4n) is 3.50. The molecule has 0 aromatic rings. The minimum absolute atomic E-state index is 0.147. The molecule has 4 nitrogen and oxygen atoms in total. The molecule has 0 heterocycles. The van der Waals surface area contributed by atoms with Crippen molar-refractivity contribution in [3.8, 4) is 0 Å². The molecule has 2 rings (SSSR count).